The van der Waals surface area contributed by atoms with E-state index in [4.69, 9.17) is 11.6 Å². The van der Waals surface area contributed by atoms with Gasteiger partial charge in [-0.05, 0) is 36.0 Å². The molecule has 0 amide bonds. The molecule has 1 unspecified atom stereocenters. The van der Waals surface area contributed by atoms with Gasteiger partial charge in [0.05, 0.1) is 12.1 Å². The zero-order valence-corrected chi connectivity index (χ0v) is 15.0. The van der Waals surface area contributed by atoms with Crippen LogP contribution in [0.25, 0.3) is 0 Å². The van der Waals surface area contributed by atoms with Crippen LogP contribution in [0.2, 0.25) is 5.02 Å². The Bertz CT molecular complexity index is 566. The number of rotatable bonds is 5. The summed E-state index contributed by atoms with van der Waals surface area (Å²) in [7, 11) is 0. The molecule has 122 valence electrons. The summed E-state index contributed by atoms with van der Waals surface area (Å²) in [5.74, 6) is 0. The van der Waals surface area contributed by atoms with Crippen LogP contribution in [0.5, 0.6) is 0 Å². The Morgan fingerprint density at radius 1 is 1.18 bits per heavy atom. The van der Waals surface area contributed by atoms with Crippen molar-refractivity contribution in [2.75, 3.05) is 0 Å². The highest BCUT2D eigenvalue weighted by atomic mass is 35.5. The molecule has 1 aromatic heterocycles. The maximum absolute atomic E-state index is 11.1. The van der Waals surface area contributed by atoms with Crippen molar-refractivity contribution < 1.29 is 5.11 Å². The van der Waals surface area contributed by atoms with E-state index in [1.54, 1.807) is 11.0 Å². The third kappa shape index (κ3) is 4.73. The maximum atomic E-state index is 11.1. The van der Waals surface area contributed by atoms with Gasteiger partial charge in [0.2, 0.25) is 0 Å². The van der Waals surface area contributed by atoms with Crippen LogP contribution < -0.4 is 0 Å². The van der Waals surface area contributed by atoms with E-state index < -0.39 is 5.60 Å². The van der Waals surface area contributed by atoms with Crippen molar-refractivity contribution in [3.8, 4) is 0 Å². The lowest BCUT2D eigenvalue weighted by atomic mass is 9.73. The van der Waals surface area contributed by atoms with Crippen LogP contribution in [-0.4, -0.2) is 25.5 Å². The smallest absolute Gasteiger partial charge is 0.137 e. The first-order valence-electron chi connectivity index (χ1n) is 7.09. The zero-order chi connectivity index (χ0) is 15.5. The van der Waals surface area contributed by atoms with E-state index in [0.717, 1.165) is 11.4 Å². The highest BCUT2D eigenvalue weighted by Gasteiger charge is 2.40. The lowest BCUT2D eigenvalue weighted by molar-refractivity contribution is -0.0796. The quantitative estimate of drug-likeness (QED) is 0.906. The molecule has 2 aromatic rings. The minimum absolute atomic E-state index is 0. The van der Waals surface area contributed by atoms with Gasteiger partial charge in [0.1, 0.15) is 12.7 Å². The van der Waals surface area contributed by atoms with E-state index >= 15 is 0 Å². The Balaban J connectivity index is 0.00000242. The largest absolute Gasteiger partial charge is 0.387 e. The third-order valence-corrected chi connectivity index (χ3v) is 4.28. The molecule has 1 aromatic carbocycles. The van der Waals surface area contributed by atoms with Crippen LogP contribution in [-0.2, 0) is 13.0 Å². The topological polar surface area (TPSA) is 50.9 Å². The first kappa shape index (κ1) is 19.0. The molecule has 0 aliphatic rings. The Hall–Kier alpha value is -1.04. The fourth-order valence-electron chi connectivity index (χ4n) is 2.28. The second-order valence-corrected chi connectivity index (χ2v) is 6.94. The number of hydrogen-bond donors (Lipinski definition) is 1. The zero-order valence-electron chi connectivity index (χ0n) is 13.3. The molecule has 1 N–H and O–H groups in total. The average Bonchev–Trinajstić information content (AvgIpc) is 2.89. The summed E-state index contributed by atoms with van der Waals surface area (Å²) in [6.07, 6.45) is 4.57. The molecular weight excluding hydrogens is 318 g/mol. The number of aromatic nitrogens is 3. The fraction of sp³-hybridized carbons (Fsp3) is 0.500. The average molecular weight is 342 g/mol. The van der Waals surface area contributed by atoms with Crippen molar-refractivity contribution in [3.05, 3.63) is 47.5 Å². The van der Waals surface area contributed by atoms with Crippen LogP contribution in [0, 0.1) is 5.41 Å². The van der Waals surface area contributed by atoms with Gasteiger partial charge in [-0.3, -0.25) is 4.68 Å². The van der Waals surface area contributed by atoms with Crippen molar-refractivity contribution in [1.82, 2.24) is 14.8 Å². The molecule has 0 aliphatic carbocycles. The van der Waals surface area contributed by atoms with Gasteiger partial charge in [0.25, 0.3) is 0 Å². The van der Waals surface area contributed by atoms with Crippen molar-refractivity contribution >= 4 is 25.1 Å². The van der Waals surface area contributed by atoms with Crippen LogP contribution in [0.1, 0.15) is 32.8 Å². The summed E-state index contributed by atoms with van der Waals surface area (Å²) >= 11 is 5.90. The van der Waals surface area contributed by atoms with Crippen molar-refractivity contribution in [2.45, 2.75) is 45.8 Å². The molecule has 0 bridgehead atoms. The van der Waals surface area contributed by atoms with E-state index in [2.05, 4.69) is 10.1 Å². The lowest BCUT2D eigenvalue weighted by Gasteiger charge is -2.40. The van der Waals surface area contributed by atoms with Crippen LogP contribution in [0.15, 0.2) is 36.9 Å². The van der Waals surface area contributed by atoms with E-state index in [-0.39, 0.29) is 18.9 Å². The third-order valence-electron chi connectivity index (χ3n) is 4.03. The molecule has 0 aliphatic heterocycles. The number of benzene rings is 1. The fourth-order valence-corrected chi connectivity index (χ4v) is 2.40. The van der Waals surface area contributed by atoms with E-state index in [0.29, 0.717) is 13.0 Å². The monoisotopic (exact) mass is 341 g/mol. The van der Waals surface area contributed by atoms with Gasteiger partial charge >= 0.3 is 0 Å². The molecule has 22 heavy (non-hydrogen) atoms. The summed E-state index contributed by atoms with van der Waals surface area (Å²) < 4.78 is 1.69. The minimum atomic E-state index is -0.861. The van der Waals surface area contributed by atoms with Crippen molar-refractivity contribution in [1.29, 1.82) is 0 Å². The Morgan fingerprint density at radius 2 is 1.82 bits per heavy atom. The Morgan fingerprint density at radius 3 is 2.32 bits per heavy atom. The number of nitrogens with zero attached hydrogens (tertiary/aromatic N) is 3. The molecule has 6 heteroatoms. The second kappa shape index (κ2) is 7.49. The predicted octanol–water partition coefficient (Wildman–Crippen LogP) is 3.45. The molecule has 0 radical (unpaired) electrons. The molecule has 0 saturated carbocycles. The van der Waals surface area contributed by atoms with Gasteiger partial charge in [-0.15, -0.1) is 0 Å². The standard InChI is InChI=1S/C16H22ClN3O.H2S/c1-15(2,3)16(21,10-20-12-18-11-19-20)9-8-13-4-6-14(17)7-5-13;/h4-7,11-12,21H,8-10H2,1-3H3;1H2. The second-order valence-electron chi connectivity index (χ2n) is 6.50. The number of aryl methyl sites for hydroxylation is 1. The van der Waals surface area contributed by atoms with Crippen LogP contribution in [0.4, 0.5) is 0 Å². The number of hydrogen-bond acceptors (Lipinski definition) is 3. The number of aliphatic hydroxyl groups is 1. The summed E-state index contributed by atoms with van der Waals surface area (Å²) in [6.45, 7) is 6.58. The van der Waals surface area contributed by atoms with Crippen molar-refractivity contribution in [2.24, 2.45) is 5.41 Å². The van der Waals surface area contributed by atoms with Gasteiger partial charge in [0.15, 0.2) is 0 Å². The van der Waals surface area contributed by atoms with Gasteiger partial charge in [0, 0.05) is 5.02 Å². The molecule has 0 saturated heterocycles. The molecule has 2 rings (SSSR count). The van der Waals surface area contributed by atoms with Crippen LogP contribution in [0.3, 0.4) is 0 Å². The first-order chi connectivity index (χ1) is 9.80. The van der Waals surface area contributed by atoms with Gasteiger partial charge in [-0.2, -0.15) is 18.6 Å². The molecule has 0 spiro atoms. The lowest BCUT2D eigenvalue weighted by Crippen LogP contribution is -2.47. The van der Waals surface area contributed by atoms with Gasteiger partial charge in [-0.1, -0.05) is 44.5 Å². The van der Waals surface area contributed by atoms with E-state index in [1.807, 2.05) is 45.0 Å². The summed E-state index contributed by atoms with van der Waals surface area (Å²) in [4.78, 5) is 3.94. The maximum Gasteiger partial charge on any atom is 0.137 e. The SMILES string of the molecule is CC(C)(C)C(O)(CCc1ccc(Cl)cc1)Cn1cncn1.S. The highest BCUT2D eigenvalue weighted by molar-refractivity contribution is 7.59. The number of halogens is 1. The van der Waals surface area contributed by atoms with Gasteiger partial charge < -0.3 is 5.11 Å². The van der Waals surface area contributed by atoms with Crippen LogP contribution >= 0.6 is 25.1 Å². The highest BCUT2D eigenvalue weighted by Crippen LogP contribution is 2.35. The molecule has 1 atom stereocenters. The summed E-state index contributed by atoms with van der Waals surface area (Å²) in [5.41, 5.74) is 0.0479. The molecule has 0 fully saturated rings. The van der Waals surface area contributed by atoms with Crippen molar-refractivity contribution in [3.63, 3.8) is 0 Å². The normalized spacial score (nSPS) is 14.2. The Labute approximate surface area is 144 Å². The molecule has 4 nitrogen and oxygen atoms in total. The van der Waals surface area contributed by atoms with Gasteiger partial charge in [-0.25, -0.2) is 4.98 Å². The minimum Gasteiger partial charge on any atom is -0.387 e. The predicted molar refractivity (Wildman–Crippen MR) is 94.6 cm³/mol. The summed E-state index contributed by atoms with van der Waals surface area (Å²) in [6, 6.07) is 7.76. The van der Waals surface area contributed by atoms with E-state index in [9.17, 15) is 5.11 Å². The van der Waals surface area contributed by atoms with E-state index in [1.165, 1.54) is 11.9 Å². The summed E-state index contributed by atoms with van der Waals surface area (Å²) in [5, 5.41) is 16.0. The molecular formula is C16H24ClN3OS. The Kier molecular flexibility index (Phi) is 6.47. The molecule has 1 heterocycles. The first-order valence-corrected chi connectivity index (χ1v) is 7.47.